The molecule has 1 atom stereocenters. The lowest BCUT2D eigenvalue weighted by atomic mass is 10.2. The van der Waals surface area contributed by atoms with Crippen molar-refractivity contribution in [3.8, 4) is 0 Å². The molecule has 8 heteroatoms. The molecule has 22 heavy (non-hydrogen) atoms. The third-order valence-corrected chi connectivity index (χ3v) is 3.69. The van der Waals surface area contributed by atoms with Crippen LogP contribution in [0.1, 0.15) is 43.2 Å². The summed E-state index contributed by atoms with van der Waals surface area (Å²) in [7, 11) is 0. The van der Waals surface area contributed by atoms with Crippen LogP contribution in [0, 0.1) is 6.92 Å². The van der Waals surface area contributed by atoms with Gasteiger partial charge < -0.3 is 9.05 Å². The predicted octanol–water partition coefficient (Wildman–Crippen LogP) is 1.70. The number of aromatic nitrogens is 3. The second-order valence-electron chi connectivity index (χ2n) is 5.41. The number of aryl methyl sites for hydroxylation is 2. The van der Waals surface area contributed by atoms with Crippen LogP contribution in [-0.4, -0.2) is 39.2 Å². The fourth-order valence-corrected chi connectivity index (χ4v) is 2.64. The lowest BCUT2D eigenvalue weighted by Crippen LogP contribution is -2.33. The third kappa shape index (κ3) is 3.16. The second-order valence-corrected chi connectivity index (χ2v) is 5.41. The van der Waals surface area contributed by atoms with E-state index in [1.54, 1.807) is 13.0 Å². The van der Waals surface area contributed by atoms with Crippen LogP contribution in [-0.2, 0) is 11.2 Å². The van der Waals surface area contributed by atoms with E-state index < -0.39 is 0 Å². The zero-order valence-electron chi connectivity index (χ0n) is 12.7. The monoisotopic (exact) mass is 305 g/mol. The molecule has 0 bridgehead atoms. The first-order chi connectivity index (χ1) is 10.7. The zero-order chi connectivity index (χ0) is 15.5. The summed E-state index contributed by atoms with van der Waals surface area (Å²) in [5, 5.41) is 10.5. The van der Waals surface area contributed by atoms with E-state index in [0.29, 0.717) is 24.0 Å². The first-order valence-corrected chi connectivity index (χ1v) is 7.45. The highest BCUT2D eigenvalue weighted by Gasteiger charge is 2.31. The largest absolute Gasteiger partial charge is 0.339 e. The Labute approximate surface area is 127 Å². The van der Waals surface area contributed by atoms with Gasteiger partial charge >= 0.3 is 0 Å². The van der Waals surface area contributed by atoms with E-state index in [4.69, 9.17) is 9.05 Å². The van der Waals surface area contributed by atoms with E-state index in [9.17, 15) is 4.79 Å². The Hall–Kier alpha value is -2.22. The smallest absolute Gasteiger partial charge is 0.240 e. The number of carbonyl (C=O) groups excluding carboxylic acids is 1. The van der Waals surface area contributed by atoms with Crippen molar-refractivity contribution in [1.29, 1.82) is 0 Å². The predicted molar refractivity (Wildman–Crippen MR) is 77.1 cm³/mol. The van der Waals surface area contributed by atoms with Crippen LogP contribution in [0.25, 0.3) is 0 Å². The van der Waals surface area contributed by atoms with Crippen molar-refractivity contribution < 1.29 is 13.8 Å². The van der Waals surface area contributed by atoms with Gasteiger partial charge in [0, 0.05) is 12.5 Å². The molecule has 118 valence electrons. The summed E-state index contributed by atoms with van der Waals surface area (Å²) >= 11 is 0. The number of carbonyl (C=O) groups is 1. The van der Waals surface area contributed by atoms with Crippen LogP contribution < -0.4 is 5.32 Å². The van der Waals surface area contributed by atoms with Gasteiger partial charge in [-0.25, -0.2) is 0 Å². The van der Waals surface area contributed by atoms with Gasteiger partial charge in [-0.3, -0.25) is 15.0 Å². The summed E-state index contributed by atoms with van der Waals surface area (Å²) in [6.07, 6.45) is 2.65. The second kappa shape index (κ2) is 6.27. The number of hydrogen-bond donors (Lipinski definition) is 1. The summed E-state index contributed by atoms with van der Waals surface area (Å²) in [5.74, 6) is 1.52. The van der Waals surface area contributed by atoms with Gasteiger partial charge in [-0.15, -0.1) is 0 Å². The van der Waals surface area contributed by atoms with Crippen molar-refractivity contribution >= 4 is 11.8 Å². The third-order valence-electron chi connectivity index (χ3n) is 3.69. The molecule has 1 N–H and O–H groups in total. The molecule has 3 rings (SSSR count). The number of hydrogen-bond acceptors (Lipinski definition) is 7. The Morgan fingerprint density at radius 3 is 3.00 bits per heavy atom. The Morgan fingerprint density at radius 2 is 2.32 bits per heavy atom. The Bertz CT molecular complexity index is 650. The minimum atomic E-state index is -0.137. The van der Waals surface area contributed by atoms with E-state index in [1.807, 2.05) is 6.92 Å². The first-order valence-electron chi connectivity index (χ1n) is 7.45. The van der Waals surface area contributed by atoms with E-state index in [2.05, 4.69) is 25.5 Å². The molecule has 0 unspecified atom stereocenters. The van der Waals surface area contributed by atoms with Crippen LogP contribution in [0.5, 0.6) is 0 Å². The topological polar surface area (TPSA) is 97.3 Å². The van der Waals surface area contributed by atoms with Crippen LogP contribution in [0.15, 0.2) is 15.1 Å². The highest BCUT2D eigenvalue weighted by Crippen LogP contribution is 2.29. The lowest BCUT2D eigenvalue weighted by Gasteiger charge is -2.20. The molecule has 2 aromatic heterocycles. The molecular weight excluding hydrogens is 286 g/mol. The Morgan fingerprint density at radius 1 is 1.45 bits per heavy atom. The molecule has 1 saturated heterocycles. The van der Waals surface area contributed by atoms with Gasteiger partial charge in [0.1, 0.15) is 0 Å². The minimum absolute atomic E-state index is 0.0336. The summed E-state index contributed by atoms with van der Waals surface area (Å²) in [4.78, 5) is 18.5. The standard InChI is InChI=1S/C14H19N5O3/c1-3-12-16-14(18-21-12)10-5-4-6-19(10)8-11(20)15-13-7-9(2)17-22-13/h7,10H,3-6,8H2,1-2H3,(H,15,20)/t10-/m0/s1. The van der Waals surface area contributed by atoms with Crippen molar-refractivity contribution in [2.75, 3.05) is 18.4 Å². The van der Waals surface area contributed by atoms with Crippen LogP contribution in [0.3, 0.4) is 0 Å². The van der Waals surface area contributed by atoms with Gasteiger partial charge in [0.2, 0.25) is 17.7 Å². The highest BCUT2D eigenvalue weighted by atomic mass is 16.5. The normalized spacial score (nSPS) is 18.7. The minimum Gasteiger partial charge on any atom is -0.339 e. The molecule has 8 nitrogen and oxygen atoms in total. The van der Waals surface area contributed by atoms with Gasteiger partial charge in [0.25, 0.3) is 0 Å². The van der Waals surface area contributed by atoms with Crippen molar-refractivity contribution in [1.82, 2.24) is 20.2 Å². The van der Waals surface area contributed by atoms with Gasteiger partial charge in [-0.1, -0.05) is 17.2 Å². The van der Waals surface area contributed by atoms with Crippen molar-refractivity contribution in [3.63, 3.8) is 0 Å². The number of nitrogens with zero attached hydrogens (tertiary/aromatic N) is 4. The SMILES string of the molecule is CCc1nc([C@@H]2CCCN2CC(=O)Nc2cc(C)no2)no1. The summed E-state index contributed by atoms with van der Waals surface area (Å²) in [6.45, 7) is 4.87. The van der Waals surface area contributed by atoms with Crippen LogP contribution in [0.2, 0.25) is 0 Å². The number of anilines is 1. The maximum Gasteiger partial charge on any atom is 0.240 e. The molecule has 2 aromatic rings. The average Bonchev–Trinajstić information content (AvgIpc) is 3.19. The van der Waals surface area contributed by atoms with Crippen LogP contribution in [0.4, 0.5) is 5.88 Å². The quantitative estimate of drug-likeness (QED) is 0.897. The summed E-state index contributed by atoms with van der Waals surface area (Å²) in [5.41, 5.74) is 0.730. The summed E-state index contributed by atoms with van der Waals surface area (Å²) < 4.78 is 10.2. The van der Waals surface area contributed by atoms with Crippen molar-refractivity contribution in [2.24, 2.45) is 0 Å². The molecule has 0 saturated carbocycles. The Kier molecular flexibility index (Phi) is 4.19. The van der Waals surface area contributed by atoms with E-state index in [1.165, 1.54) is 0 Å². The number of amides is 1. The molecule has 0 aliphatic carbocycles. The maximum atomic E-state index is 12.1. The molecule has 1 fully saturated rings. The van der Waals surface area contributed by atoms with E-state index in [0.717, 1.165) is 25.1 Å². The molecule has 3 heterocycles. The van der Waals surface area contributed by atoms with Gasteiger partial charge in [-0.05, 0) is 26.3 Å². The highest BCUT2D eigenvalue weighted by molar-refractivity contribution is 5.91. The van der Waals surface area contributed by atoms with E-state index in [-0.39, 0.29) is 18.5 Å². The fraction of sp³-hybridized carbons (Fsp3) is 0.571. The lowest BCUT2D eigenvalue weighted by molar-refractivity contribution is -0.117. The zero-order valence-corrected chi connectivity index (χ0v) is 12.7. The number of nitrogens with one attached hydrogen (secondary N) is 1. The van der Waals surface area contributed by atoms with Gasteiger partial charge in [0.15, 0.2) is 5.82 Å². The molecule has 1 amide bonds. The Balaban J connectivity index is 1.62. The first kappa shape index (κ1) is 14.7. The summed E-state index contributed by atoms with van der Waals surface area (Å²) in [6, 6.07) is 1.72. The number of likely N-dealkylation sites (tertiary alicyclic amines) is 1. The van der Waals surface area contributed by atoms with Crippen molar-refractivity contribution in [3.05, 3.63) is 23.5 Å². The van der Waals surface area contributed by atoms with Crippen molar-refractivity contribution in [2.45, 2.75) is 39.2 Å². The van der Waals surface area contributed by atoms with Gasteiger partial charge in [-0.2, -0.15) is 4.98 Å². The molecule has 0 spiro atoms. The van der Waals surface area contributed by atoms with Crippen LogP contribution >= 0.6 is 0 Å². The van der Waals surface area contributed by atoms with Gasteiger partial charge in [0.05, 0.1) is 18.3 Å². The molecule has 0 aromatic carbocycles. The average molecular weight is 305 g/mol. The molecular formula is C14H19N5O3. The van der Waals surface area contributed by atoms with E-state index >= 15 is 0 Å². The number of rotatable bonds is 5. The molecule has 1 aliphatic heterocycles. The molecule has 0 radical (unpaired) electrons. The fourth-order valence-electron chi connectivity index (χ4n) is 2.64. The maximum absolute atomic E-state index is 12.1. The molecule has 1 aliphatic rings.